The molecule has 3 aliphatic rings. The first-order chi connectivity index (χ1) is 10.3. The van der Waals surface area contributed by atoms with Gasteiger partial charge in [-0.2, -0.15) is 0 Å². The minimum absolute atomic E-state index is 0.832. The van der Waals surface area contributed by atoms with Crippen molar-refractivity contribution in [2.45, 2.75) is 19.3 Å². The zero-order valence-corrected chi connectivity index (χ0v) is 12.5. The van der Waals surface area contributed by atoms with Crippen LogP contribution in [-0.4, -0.2) is 50.1 Å². The largest absolute Gasteiger partial charge is 0.399 e. The van der Waals surface area contributed by atoms with E-state index in [1.54, 1.807) is 0 Å². The number of likely N-dealkylation sites (tertiary alicyclic amines) is 1. The summed E-state index contributed by atoms with van der Waals surface area (Å²) < 4.78 is 0. The maximum absolute atomic E-state index is 5.99. The van der Waals surface area contributed by atoms with E-state index in [0.29, 0.717) is 0 Å². The molecule has 0 atom stereocenters. The lowest BCUT2D eigenvalue weighted by Crippen LogP contribution is -2.42. The molecule has 1 fully saturated rings. The molecule has 1 aromatic rings. The Hall–Kier alpha value is -1.75. The summed E-state index contributed by atoms with van der Waals surface area (Å²) >= 11 is 0. The number of anilines is 3. The summed E-state index contributed by atoms with van der Waals surface area (Å²) in [6.45, 7) is 6.50. The number of nitrogens with two attached hydrogens (primary N) is 1. The number of benzene rings is 1. The Kier molecular flexibility index (Phi) is 3.22. The van der Waals surface area contributed by atoms with Crippen molar-refractivity contribution < 1.29 is 0 Å². The highest BCUT2D eigenvalue weighted by Gasteiger charge is 2.35. The quantitative estimate of drug-likeness (QED) is 0.860. The topological polar surface area (TPSA) is 48.1 Å². The third-order valence-corrected chi connectivity index (χ3v) is 4.73. The van der Waals surface area contributed by atoms with Crippen LogP contribution in [0.3, 0.4) is 0 Å². The fraction of sp³-hybridized carbons (Fsp3) is 0.562. The second kappa shape index (κ2) is 5.22. The van der Waals surface area contributed by atoms with Gasteiger partial charge in [-0.3, -0.25) is 4.99 Å². The van der Waals surface area contributed by atoms with Gasteiger partial charge < -0.3 is 20.4 Å². The first kappa shape index (κ1) is 13.0. The molecule has 0 spiro atoms. The van der Waals surface area contributed by atoms with E-state index in [1.165, 1.54) is 43.7 Å². The number of hydrogen-bond acceptors (Lipinski definition) is 5. The summed E-state index contributed by atoms with van der Waals surface area (Å²) in [6.07, 6.45) is 4.08. The molecule has 2 N–H and O–H groups in total. The molecule has 0 radical (unpaired) electrons. The van der Waals surface area contributed by atoms with Crippen molar-refractivity contribution in [2.24, 2.45) is 4.99 Å². The highest BCUT2D eigenvalue weighted by Crippen LogP contribution is 2.39. The molecule has 0 unspecified atom stereocenters. The third-order valence-electron chi connectivity index (χ3n) is 4.73. The van der Waals surface area contributed by atoms with E-state index in [1.807, 2.05) is 6.07 Å². The van der Waals surface area contributed by atoms with Gasteiger partial charge in [-0.1, -0.05) is 6.42 Å². The lowest BCUT2D eigenvalue weighted by atomic mass is 10.1. The van der Waals surface area contributed by atoms with E-state index in [-0.39, 0.29) is 0 Å². The van der Waals surface area contributed by atoms with Gasteiger partial charge in [0.15, 0.2) is 0 Å². The zero-order chi connectivity index (χ0) is 14.2. The average molecular weight is 285 g/mol. The number of aliphatic imine (C=N–C) groups is 1. The maximum atomic E-state index is 5.99. The van der Waals surface area contributed by atoms with Crippen molar-refractivity contribution in [1.29, 1.82) is 0 Å². The Bertz CT molecular complexity index is 562. The second-order valence-electron chi connectivity index (χ2n) is 6.14. The minimum atomic E-state index is 0.832. The summed E-state index contributed by atoms with van der Waals surface area (Å²) in [6, 6.07) is 6.21. The highest BCUT2D eigenvalue weighted by atomic mass is 15.5. The fourth-order valence-electron chi connectivity index (χ4n) is 3.63. The maximum Gasteiger partial charge on any atom is 0.206 e. The van der Waals surface area contributed by atoms with Crippen molar-refractivity contribution in [3.05, 3.63) is 18.2 Å². The van der Waals surface area contributed by atoms with Gasteiger partial charge in [0, 0.05) is 25.3 Å². The van der Waals surface area contributed by atoms with Crippen LogP contribution < -0.4 is 15.5 Å². The zero-order valence-electron chi connectivity index (χ0n) is 12.5. The van der Waals surface area contributed by atoms with E-state index in [2.05, 4.69) is 26.8 Å². The number of guanidine groups is 1. The molecule has 21 heavy (non-hydrogen) atoms. The van der Waals surface area contributed by atoms with Crippen LogP contribution in [0.2, 0.25) is 0 Å². The summed E-state index contributed by atoms with van der Waals surface area (Å²) in [4.78, 5) is 12.0. The predicted molar refractivity (Wildman–Crippen MR) is 88.1 cm³/mol. The Morgan fingerprint density at radius 1 is 1.00 bits per heavy atom. The third kappa shape index (κ3) is 2.25. The van der Waals surface area contributed by atoms with E-state index in [9.17, 15) is 0 Å². The van der Waals surface area contributed by atoms with Crippen molar-refractivity contribution in [3.8, 4) is 0 Å². The molecular formula is C16H23N5. The molecule has 3 heterocycles. The molecule has 1 saturated heterocycles. The summed E-state index contributed by atoms with van der Waals surface area (Å²) in [5.74, 6) is 1.12. The second-order valence-corrected chi connectivity index (χ2v) is 6.14. The minimum Gasteiger partial charge on any atom is -0.399 e. The van der Waals surface area contributed by atoms with Gasteiger partial charge in [-0.25, -0.2) is 0 Å². The van der Waals surface area contributed by atoms with Crippen molar-refractivity contribution >= 4 is 23.0 Å². The molecular weight excluding hydrogens is 262 g/mol. The van der Waals surface area contributed by atoms with Crippen LogP contribution >= 0.6 is 0 Å². The fourth-order valence-corrected chi connectivity index (χ4v) is 3.63. The van der Waals surface area contributed by atoms with Crippen molar-refractivity contribution in [1.82, 2.24) is 4.90 Å². The summed E-state index contributed by atoms with van der Waals surface area (Å²) in [5, 5.41) is 0. The van der Waals surface area contributed by atoms with Crippen LogP contribution in [0.1, 0.15) is 19.3 Å². The van der Waals surface area contributed by atoms with E-state index < -0.39 is 0 Å². The number of fused-ring (bicyclic) bond motifs is 3. The first-order valence-corrected chi connectivity index (χ1v) is 8.04. The summed E-state index contributed by atoms with van der Waals surface area (Å²) in [7, 11) is 0. The molecule has 0 amide bonds. The molecule has 4 rings (SSSR count). The SMILES string of the molecule is Nc1ccc2c(c1)N(CCN1CCCCC1)C1=NCCN12. The summed E-state index contributed by atoms with van der Waals surface area (Å²) in [5.41, 5.74) is 9.31. The van der Waals surface area contributed by atoms with Crippen LogP contribution in [0, 0.1) is 0 Å². The number of hydrogen-bond donors (Lipinski definition) is 1. The standard InChI is InChI=1S/C16H23N5/c17-13-4-5-14-15(12-13)21(16-18-6-9-20(14)16)11-10-19-7-2-1-3-8-19/h4-5,12H,1-3,6-11,17H2. The number of piperidine rings is 1. The Balaban J connectivity index is 1.54. The van der Waals surface area contributed by atoms with Crippen LogP contribution in [0.4, 0.5) is 17.1 Å². The molecule has 0 aromatic heterocycles. The van der Waals surface area contributed by atoms with Crippen LogP contribution in [0.25, 0.3) is 0 Å². The highest BCUT2D eigenvalue weighted by molar-refractivity contribution is 6.17. The van der Waals surface area contributed by atoms with Gasteiger partial charge in [-0.05, 0) is 44.1 Å². The average Bonchev–Trinajstić information content (AvgIpc) is 3.07. The lowest BCUT2D eigenvalue weighted by molar-refractivity contribution is 0.235. The van der Waals surface area contributed by atoms with Gasteiger partial charge >= 0.3 is 0 Å². The molecule has 3 aliphatic heterocycles. The first-order valence-electron chi connectivity index (χ1n) is 8.04. The van der Waals surface area contributed by atoms with E-state index in [4.69, 9.17) is 10.7 Å². The van der Waals surface area contributed by atoms with Gasteiger partial charge in [0.1, 0.15) is 0 Å². The smallest absolute Gasteiger partial charge is 0.206 e. The van der Waals surface area contributed by atoms with Crippen LogP contribution in [0.15, 0.2) is 23.2 Å². The van der Waals surface area contributed by atoms with Gasteiger partial charge in [-0.15, -0.1) is 0 Å². The number of nitrogen functional groups attached to an aromatic ring is 1. The normalized spacial score (nSPS) is 21.4. The van der Waals surface area contributed by atoms with Gasteiger partial charge in [0.05, 0.1) is 17.9 Å². The Morgan fingerprint density at radius 3 is 2.71 bits per heavy atom. The monoisotopic (exact) mass is 285 g/mol. The lowest BCUT2D eigenvalue weighted by Gasteiger charge is -2.29. The van der Waals surface area contributed by atoms with Crippen molar-refractivity contribution in [3.63, 3.8) is 0 Å². The molecule has 0 saturated carbocycles. The molecule has 0 aliphatic carbocycles. The van der Waals surface area contributed by atoms with Crippen LogP contribution in [0.5, 0.6) is 0 Å². The molecule has 1 aromatic carbocycles. The Labute approximate surface area is 126 Å². The van der Waals surface area contributed by atoms with E-state index >= 15 is 0 Å². The molecule has 0 bridgehead atoms. The number of nitrogens with zero attached hydrogens (tertiary/aromatic N) is 4. The van der Waals surface area contributed by atoms with Gasteiger partial charge in [0.2, 0.25) is 5.96 Å². The molecule has 5 heteroatoms. The number of rotatable bonds is 3. The Morgan fingerprint density at radius 2 is 1.86 bits per heavy atom. The van der Waals surface area contributed by atoms with Crippen LogP contribution in [-0.2, 0) is 0 Å². The molecule has 112 valence electrons. The van der Waals surface area contributed by atoms with Gasteiger partial charge in [0.25, 0.3) is 0 Å². The predicted octanol–water partition coefficient (Wildman–Crippen LogP) is 1.75. The van der Waals surface area contributed by atoms with Crippen molar-refractivity contribution in [2.75, 3.05) is 54.8 Å². The molecule has 5 nitrogen and oxygen atoms in total. The van der Waals surface area contributed by atoms with E-state index in [0.717, 1.165) is 37.8 Å².